The van der Waals surface area contributed by atoms with Crippen LogP contribution in [0.4, 0.5) is 10.2 Å². The first-order valence-corrected chi connectivity index (χ1v) is 6.90. The monoisotopic (exact) mass is 310 g/mol. The lowest BCUT2D eigenvalue weighted by molar-refractivity contribution is 0.477. The van der Waals surface area contributed by atoms with E-state index in [0.717, 1.165) is 12.6 Å². The minimum absolute atomic E-state index is 0.0257. The summed E-state index contributed by atoms with van der Waals surface area (Å²) in [6, 6.07) is 4.40. The van der Waals surface area contributed by atoms with E-state index in [1.165, 1.54) is 12.1 Å². The zero-order valence-electron chi connectivity index (χ0n) is 11.5. The van der Waals surface area contributed by atoms with Gasteiger partial charge in [0.25, 0.3) is 0 Å². The Morgan fingerprint density at radius 1 is 1.48 bits per heavy atom. The van der Waals surface area contributed by atoms with Crippen molar-refractivity contribution in [3.8, 4) is 17.1 Å². The standard InChI is InChI=1S/C14H16ClFN4O/c1-2-9(17)6-18-14-11(16)7-19-13(20-14)10-5-8(15)3-4-12(10)21/h3-5,7,9,21H,2,6,17H2,1H3,(H,18,19,20). The van der Waals surface area contributed by atoms with Crippen LogP contribution in [0.5, 0.6) is 5.75 Å². The lowest BCUT2D eigenvalue weighted by atomic mass is 10.2. The van der Waals surface area contributed by atoms with Crippen molar-refractivity contribution in [3.05, 3.63) is 35.2 Å². The lowest BCUT2D eigenvalue weighted by Gasteiger charge is -2.12. The summed E-state index contributed by atoms with van der Waals surface area (Å²) in [5.41, 5.74) is 6.12. The maximum Gasteiger partial charge on any atom is 0.183 e. The number of hydrogen-bond acceptors (Lipinski definition) is 5. The van der Waals surface area contributed by atoms with E-state index in [-0.39, 0.29) is 23.4 Å². The molecule has 1 unspecified atom stereocenters. The number of nitrogens with zero attached hydrogens (tertiary/aromatic N) is 2. The lowest BCUT2D eigenvalue weighted by Crippen LogP contribution is -2.28. The van der Waals surface area contributed by atoms with Crippen LogP contribution in [-0.4, -0.2) is 27.7 Å². The molecule has 0 saturated heterocycles. The average Bonchev–Trinajstić information content (AvgIpc) is 2.48. The molecule has 0 saturated carbocycles. The van der Waals surface area contributed by atoms with Crippen LogP contribution in [0.2, 0.25) is 5.02 Å². The molecule has 0 radical (unpaired) electrons. The van der Waals surface area contributed by atoms with Crippen LogP contribution in [-0.2, 0) is 0 Å². The molecule has 21 heavy (non-hydrogen) atoms. The third kappa shape index (κ3) is 3.80. The highest BCUT2D eigenvalue weighted by molar-refractivity contribution is 6.30. The predicted molar refractivity (Wildman–Crippen MR) is 80.9 cm³/mol. The summed E-state index contributed by atoms with van der Waals surface area (Å²) in [5.74, 6) is -0.377. The van der Waals surface area contributed by atoms with Crippen LogP contribution in [0.15, 0.2) is 24.4 Å². The summed E-state index contributed by atoms with van der Waals surface area (Å²) in [7, 11) is 0. The van der Waals surface area contributed by atoms with Gasteiger partial charge in [0.15, 0.2) is 17.5 Å². The molecule has 5 nitrogen and oxygen atoms in total. The van der Waals surface area contributed by atoms with E-state index in [1.807, 2.05) is 6.92 Å². The largest absolute Gasteiger partial charge is 0.507 e. The predicted octanol–water partition coefficient (Wildman–Crippen LogP) is 2.79. The van der Waals surface area contributed by atoms with E-state index in [1.54, 1.807) is 6.07 Å². The normalized spacial score (nSPS) is 12.2. The highest BCUT2D eigenvalue weighted by Crippen LogP contribution is 2.30. The van der Waals surface area contributed by atoms with Crippen molar-refractivity contribution in [1.82, 2.24) is 9.97 Å². The number of nitrogens with one attached hydrogen (secondary N) is 1. The Labute approximate surface area is 127 Å². The van der Waals surface area contributed by atoms with E-state index in [0.29, 0.717) is 17.1 Å². The molecule has 0 aliphatic carbocycles. The highest BCUT2D eigenvalue weighted by Gasteiger charge is 2.12. The van der Waals surface area contributed by atoms with Crippen LogP contribution in [0.1, 0.15) is 13.3 Å². The summed E-state index contributed by atoms with van der Waals surface area (Å²) >= 11 is 5.89. The number of aromatic hydroxyl groups is 1. The minimum Gasteiger partial charge on any atom is -0.507 e. The molecule has 0 fully saturated rings. The van der Waals surface area contributed by atoms with Gasteiger partial charge in [-0.1, -0.05) is 18.5 Å². The van der Waals surface area contributed by atoms with Crippen molar-refractivity contribution in [3.63, 3.8) is 0 Å². The molecule has 0 bridgehead atoms. The van der Waals surface area contributed by atoms with E-state index in [2.05, 4.69) is 15.3 Å². The van der Waals surface area contributed by atoms with Gasteiger partial charge in [-0.2, -0.15) is 0 Å². The number of rotatable bonds is 5. The van der Waals surface area contributed by atoms with Crippen molar-refractivity contribution in [2.45, 2.75) is 19.4 Å². The Morgan fingerprint density at radius 2 is 2.24 bits per heavy atom. The second-order valence-electron chi connectivity index (χ2n) is 4.60. The van der Waals surface area contributed by atoms with Gasteiger partial charge in [0.05, 0.1) is 11.8 Å². The second-order valence-corrected chi connectivity index (χ2v) is 5.04. The van der Waals surface area contributed by atoms with Crippen LogP contribution < -0.4 is 11.1 Å². The quantitative estimate of drug-likeness (QED) is 0.791. The number of phenols is 1. The third-order valence-corrected chi connectivity index (χ3v) is 3.23. The molecule has 2 rings (SSSR count). The molecule has 0 amide bonds. The smallest absolute Gasteiger partial charge is 0.183 e. The molecule has 1 aromatic heterocycles. The second kappa shape index (κ2) is 6.69. The molecule has 1 atom stereocenters. The number of phenolic OH excluding ortho intramolecular Hbond substituents is 1. The Hall–Kier alpha value is -1.92. The molecule has 7 heteroatoms. The molecule has 0 spiro atoms. The van der Waals surface area contributed by atoms with Gasteiger partial charge in [0.1, 0.15) is 5.75 Å². The van der Waals surface area contributed by atoms with Crippen LogP contribution >= 0.6 is 11.6 Å². The van der Waals surface area contributed by atoms with Crippen LogP contribution in [0.25, 0.3) is 11.4 Å². The highest BCUT2D eigenvalue weighted by atomic mass is 35.5. The van der Waals surface area contributed by atoms with Gasteiger partial charge < -0.3 is 16.2 Å². The maximum absolute atomic E-state index is 13.7. The Bertz CT molecular complexity index is 638. The first-order valence-electron chi connectivity index (χ1n) is 6.52. The Morgan fingerprint density at radius 3 is 2.95 bits per heavy atom. The van der Waals surface area contributed by atoms with E-state index in [9.17, 15) is 9.50 Å². The molecular weight excluding hydrogens is 295 g/mol. The number of anilines is 1. The van der Waals surface area contributed by atoms with Crippen LogP contribution in [0.3, 0.4) is 0 Å². The molecule has 1 aromatic carbocycles. The summed E-state index contributed by atoms with van der Waals surface area (Å²) < 4.78 is 13.7. The molecule has 0 aliphatic heterocycles. The SMILES string of the molecule is CCC(N)CNc1nc(-c2cc(Cl)ccc2O)ncc1F. The van der Waals surface area contributed by atoms with Gasteiger partial charge in [-0.3, -0.25) is 0 Å². The zero-order chi connectivity index (χ0) is 15.4. The van der Waals surface area contributed by atoms with Gasteiger partial charge in [0.2, 0.25) is 0 Å². The molecule has 112 valence electrons. The molecular formula is C14H16ClFN4O. The molecule has 2 aromatic rings. The first-order chi connectivity index (χ1) is 10.0. The Kier molecular flexibility index (Phi) is 4.93. The van der Waals surface area contributed by atoms with Crippen molar-refractivity contribution >= 4 is 17.4 Å². The fourth-order valence-electron chi connectivity index (χ4n) is 1.68. The van der Waals surface area contributed by atoms with Crippen molar-refractivity contribution < 1.29 is 9.50 Å². The van der Waals surface area contributed by atoms with Gasteiger partial charge in [0, 0.05) is 17.6 Å². The van der Waals surface area contributed by atoms with Crippen molar-refractivity contribution in [2.24, 2.45) is 5.73 Å². The maximum atomic E-state index is 13.7. The van der Waals surface area contributed by atoms with Gasteiger partial charge in [-0.05, 0) is 24.6 Å². The van der Waals surface area contributed by atoms with E-state index < -0.39 is 5.82 Å². The van der Waals surface area contributed by atoms with Gasteiger partial charge in [-0.15, -0.1) is 0 Å². The van der Waals surface area contributed by atoms with E-state index in [4.69, 9.17) is 17.3 Å². The van der Waals surface area contributed by atoms with Gasteiger partial charge in [-0.25, -0.2) is 14.4 Å². The van der Waals surface area contributed by atoms with Crippen molar-refractivity contribution in [1.29, 1.82) is 0 Å². The summed E-state index contributed by atoms with van der Waals surface area (Å²) in [5, 5.41) is 13.1. The van der Waals surface area contributed by atoms with Crippen molar-refractivity contribution in [2.75, 3.05) is 11.9 Å². The fraction of sp³-hybridized carbons (Fsp3) is 0.286. The molecule has 0 aliphatic rings. The summed E-state index contributed by atoms with van der Waals surface area (Å²) in [4.78, 5) is 7.96. The third-order valence-electron chi connectivity index (χ3n) is 3.00. The number of nitrogens with two attached hydrogens (primary N) is 1. The van der Waals surface area contributed by atoms with E-state index >= 15 is 0 Å². The molecule has 1 heterocycles. The Balaban J connectivity index is 2.31. The summed E-state index contributed by atoms with van der Waals surface area (Å²) in [6.45, 7) is 2.34. The number of aromatic nitrogens is 2. The average molecular weight is 311 g/mol. The first kappa shape index (κ1) is 15.5. The zero-order valence-corrected chi connectivity index (χ0v) is 12.2. The fourth-order valence-corrected chi connectivity index (χ4v) is 1.85. The minimum atomic E-state index is -0.580. The van der Waals surface area contributed by atoms with Gasteiger partial charge >= 0.3 is 0 Å². The number of hydrogen-bond donors (Lipinski definition) is 3. The number of halogens is 2. The number of benzene rings is 1. The topological polar surface area (TPSA) is 84.1 Å². The molecule has 4 N–H and O–H groups in total. The van der Waals surface area contributed by atoms with Crippen LogP contribution in [0, 0.1) is 5.82 Å². The summed E-state index contributed by atoms with van der Waals surface area (Å²) in [6.07, 6.45) is 1.81.